The van der Waals surface area contributed by atoms with E-state index in [4.69, 9.17) is 16.3 Å². The van der Waals surface area contributed by atoms with Crippen molar-refractivity contribution in [2.45, 2.75) is 19.2 Å². The third kappa shape index (κ3) is 4.25. The maximum atomic E-state index is 11.8. The minimum absolute atomic E-state index is 0.141. The van der Waals surface area contributed by atoms with Crippen LogP contribution in [0, 0.1) is 0 Å². The molecule has 2 aromatic rings. The number of nitrogens with zero attached hydrogens (tertiary/aromatic N) is 2. The number of carbonyl (C=O) groups excluding carboxylic acids is 1. The molecule has 0 N–H and O–H groups in total. The standard InChI is InChI=1S/C15H14BrClN2O2/c1-2-21-15(20)12-9-18-14(19-13(12)8-17)7-10-4-3-5-11(16)6-10/h3-6,9H,2,7-8H2,1H3. The van der Waals surface area contributed by atoms with Gasteiger partial charge in [0.05, 0.1) is 18.2 Å². The Morgan fingerprint density at radius 3 is 2.90 bits per heavy atom. The minimum atomic E-state index is -0.442. The van der Waals surface area contributed by atoms with Crippen molar-refractivity contribution in [3.8, 4) is 0 Å². The summed E-state index contributed by atoms with van der Waals surface area (Å²) in [6.07, 6.45) is 2.06. The number of halogens is 2. The molecular formula is C15H14BrClN2O2. The molecule has 1 heterocycles. The van der Waals surface area contributed by atoms with Gasteiger partial charge in [0.15, 0.2) is 0 Å². The average Bonchev–Trinajstić information content (AvgIpc) is 2.47. The van der Waals surface area contributed by atoms with Crippen LogP contribution < -0.4 is 0 Å². The average molecular weight is 370 g/mol. The summed E-state index contributed by atoms with van der Waals surface area (Å²) in [6.45, 7) is 2.06. The number of aromatic nitrogens is 2. The fraction of sp³-hybridized carbons (Fsp3) is 0.267. The van der Waals surface area contributed by atoms with E-state index in [1.165, 1.54) is 6.20 Å². The minimum Gasteiger partial charge on any atom is -0.462 e. The van der Waals surface area contributed by atoms with Crippen LogP contribution in [0.3, 0.4) is 0 Å². The fourth-order valence-corrected chi connectivity index (χ4v) is 2.50. The lowest BCUT2D eigenvalue weighted by Crippen LogP contribution is -2.11. The zero-order valence-electron chi connectivity index (χ0n) is 11.5. The van der Waals surface area contributed by atoms with Crippen molar-refractivity contribution in [3.05, 3.63) is 57.6 Å². The first-order valence-electron chi connectivity index (χ1n) is 6.46. The van der Waals surface area contributed by atoms with E-state index in [9.17, 15) is 4.79 Å². The Hall–Kier alpha value is -1.46. The van der Waals surface area contributed by atoms with Gasteiger partial charge in [-0.1, -0.05) is 28.1 Å². The Morgan fingerprint density at radius 2 is 2.24 bits per heavy atom. The number of alkyl halides is 1. The van der Waals surface area contributed by atoms with Crippen LogP contribution in [0.4, 0.5) is 0 Å². The van der Waals surface area contributed by atoms with E-state index in [0.29, 0.717) is 30.1 Å². The lowest BCUT2D eigenvalue weighted by molar-refractivity contribution is 0.0524. The second kappa shape index (κ2) is 7.52. The summed E-state index contributed by atoms with van der Waals surface area (Å²) in [5.74, 6) is 0.321. The maximum Gasteiger partial charge on any atom is 0.341 e. The molecule has 0 saturated carbocycles. The molecule has 2 rings (SSSR count). The molecule has 0 amide bonds. The van der Waals surface area contributed by atoms with Crippen molar-refractivity contribution in [2.75, 3.05) is 6.61 Å². The largest absolute Gasteiger partial charge is 0.462 e. The molecule has 0 aliphatic rings. The molecule has 1 aromatic carbocycles. The first-order chi connectivity index (χ1) is 10.1. The van der Waals surface area contributed by atoms with Gasteiger partial charge in [-0.3, -0.25) is 0 Å². The van der Waals surface area contributed by atoms with E-state index in [1.54, 1.807) is 6.92 Å². The summed E-state index contributed by atoms with van der Waals surface area (Å²) in [5, 5.41) is 0. The van der Waals surface area contributed by atoms with Gasteiger partial charge < -0.3 is 4.74 Å². The Kier molecular flexibility index (Phi) is 5.70. The third-order valence-corrected chi connectivity index (χ3v) is 3.54. The monoisotopic (exact) mass is 368 g/mol. The second-order valence-corrected chi connectivity index (χ2v) is 5.49. The lowest BCUT2D eigenvalue weighted by atomic mass is 10.1. The van der Waals surface area contributed by atoms with Crippen LogP contribution in [-0.4, -0.2) is 22.5 Å². The molecule has 4 nitrogen and oxygen atoms in total. The van der Waals surface area contributed by atoms with Gasteiger partial charge in [-0.2, -0.15) is 0 Å². The van der Waals surface area contributed by atoms with E-state index < -0.39 is 5.97 Å². The number of hydrogen-bond acceptors (Lipinski definition) is 4. The summed E-state index contributed by atoms with van der Waals surface area (Å²) in [5.41, 5.74) is 1.90. The zero-order chi connectivity index (χ0) is 15.2. The third-order valence-electron chi connectivity index (χ3n) is 2.79. The molecular weight excluding hydrogens is 356 g/mol. The van der Waals surface area contributed by atoms with Crippen LogP contribution in [-0.2, 0) is 17.0 Å². The van der Waals surface area contributed by atoms with Crippen LogP contribution in [0.1, 0.15) is 34.4 Å². The van der Waals surface area contributed by atoms with Gasteiger partial charge in [-0.25, -0.2) is 14.8 Å². The van der Waals surface area contributed by atoms with Gasteiger partial charge in [0, 0.05) is 17.1 Å². The highest BCUT2D eigenvalue weighted by atomic mass is 79.9. The van der Waals surface area contributed by atoms with Crippen LogP contribution in [0.2, 0.25) is 0 Å². The summed E-state index contributed by atoms with van der Waals surface area (Å²) in [4.78, 5) is 20.4. The van der Waals surface area contributed by atoms with Crippen molar-refractivity contribution in [1.82, 2.24) is 9.97 Å². The normalized spacial score (nSPS) is 10.4. The van der Waals surface area contributed by atoms with E-state index >= 15 is 0 Å². The molecule has 0 fully saturated rings. The van der Waals surface area contributed by atoms with Crippen LogP contribution in [0.15, 0.2) is 34.9 Å². The van der Waals surface area contributed by atoms with Crippen molar-refractivity contribution >= 4 is 33.5 Å². The van der Waals surface area contributed by atoms with Gasteiger partial charge in [0.1, 0.15) is 11.4 Å². The number of benzene rings is 1. The summed E-state index contributed by atoms with van der Waals surface area (Å²) in [7, 11) is 0. The first kappa shape index (κ1) is 15.9. The van der Waals surface area contributed by atoms with E-state index in [1.807, 2.05) is 24.3 Å². The second-order valence-electron chi connectivity index (χ2n) is 4.31. The Morgan fingerprint density at radius 1 is 1.43 bits per heavy atom. The molecule has 110 valence electrons. The van der Waals surface area contributed by atoms with E-state index in [0.717, 1.165) is 10.0 Å². The number of rotatable bonds is 5. The topological polar surface area (TPSA) is 52.1 Å². The van der Waals surface area contributed by atoms with Crippen LogP contribution in [0.5, 0.6) is 0 Å². The highest BCUT2D eigenvalue weighted by Crippen LogP contribution is 2.16. The number of carbonyl (C=O) groups is 1. The van der Waals surface area contributed by atoms with Crippen LogP contribution in [0.25, 0.3) is 0 Å². The number of esters is 1. The van der Waals surface area contributed by atoms with Crippen molar-refractivity contribution < 1.29 is 9.53 Å². The van der Waals surface area contributed by atoms with Gasteiger partial charge in [0.2, 0.25) is 0 Å². The Bertz CT molecular complexity index is 649. The summed E-state index contributed by atoms with van der Waals surface area (Å²) < 4.78 is 5.96. The predicted molar refractivity (Wildman–Crippen MR) is 84.5 cm³/mol. The smallest absolute Gasteiger partial charge is 0.341 e. The van der Waals surface area contributed by atoms with Crippen molar-refractivity contribution in [3.63, 3.8) is 0 Å². The van der Waals surface area contributed by atoms with Gasteiger partial charge in [-0.15, -0.1) is 11.6 Å². The van der Waals surface area contributed by atoms with E-state index in [2.05, 4.69) is 25.9 Å². The number of ether oxygens (including phenoxy) is 1. The quantitative estimate of drug-likeness (QED) is 0.595. The molecule has 0 saturated heterocycles. The first-order valence-corrected chi connectivity index (χ1v) is 7.79. The highest BCUT2D eigenvalue weighted by Gasteiger charge is 2.15. The lowest BCUT2D eigenvalue weighted by Gasteiger charge is -2.08. The Labute approximate surface area is 136 Å². The SMILES string of the molecule is CCOC(=O)c1cnc(Cc2cccc(Br)c2)nc1CCl. The zero-order valence-corrected chi connectivity index (χ0v) is 13.8. The van der Waals surface area contributed by atoms with Gasteiger partial charge in [-0.05, 0) is 24.6 Å². The molecule has 0 aliphatic carbocycles. The number of hydrogen-bond donors (Lipinski definition) is 0. The maximum absolute atomic E-state index is 11.8. The fourth-order valence-electron chi connectivity index (χ4n) is 1.85. The molecule has 1 aromatic heterocycles. The summed E-state index contributed by atoms with van der Waals surface area (Å²) in [6, 6.07) is 7.91. The van der Waals surface area contributed by atoms with Gasteiger partial charge >= 0.3 is 5.97 Å². The molecule has 6 heteroatoms. The molecule has 0 radical (unpaired) electrons. The molecule has 0 unspecified atom stereocenters. The molecule has 0 spiro atoms. The Balaban J connectivity index is 2.24. The van der Waals surface area contributed by atoms with Crippen molar-refractivity contribution in [1.29, 1.82) is 0 Å². The molecule has 21 heavy (non-hydrogen) atoms. The predicted octanol–water partition coefficient (Wildman–Crippen LogP) is 3.75. The molecule has 0 atom stereocenters. The molecule has 0 bridgehead atoms. The van der Waals surface area contributed by atoms with E-state index in [-0.39, 0.29) is 5.88 Å². The highest BCUT2D eigenvalue weighted by molar-refractivity contribution is 9.10. The van der Waals surface area contributed by atoms with Gasteiger partial charge in [0.25, 0.3) is 0 Å². The van der Waals surface area contributed by atoms with Crippen LogP contribution >= 0.6 is 27.5 Å². The van der Waals surface area contributed by atoms with Crippen molar-refractivity contribution in [2.24, 2.45) is 0 Å². The summed E-state index contributed by atoms with van der Waals surface area (Å²) >= 11 is 9.30. The molecule has 0 aliphatic heterocycles.